The summed E-state index contributed by atoms with van der Waals surface area (Å²) in [5, 5.41) is 4.46. The molecule has 0 N–H and O–H groups in total. The maximum Gasteiger partial charge on any atom is 0.201 e. The van der Waals surface area contributed by atoms with Crippen LogP contribution >= 0.6 is 15.9 Å². The fourth-order valence-corrected chi connectivity index (χ4v) is 2.07. The van der Waals surface area contributed by atoms with Crippen LogP contribution in [0.15, 0.2) is 10.8 Å². The van der Waals surface area contributed by atoms with Crippen molar-refractivity contribution < 1.29 is 0 Å². The topological polar surface area (TPSA) is 43.1 Å². The summed E-state index contributed by atoms with van der Waals surface area (Å²) in [6.45, 7) is 1.88. The zero-order valence-corrected chi connectivity index (χ0v) is 9.32. The Labute approximate surface area is 89.5 Å². The normalized spacial score (nSPS) is 16.4. The summed E-state index contributed by atoms with van der Waals surface area (Å²) >= 11 is 3.38. The molecule has 2 heterocycles. The quantitative estimate of drug-likeness (QED) is 0.781. The minimum absolute atomic E-state index is 0.656. The van der Waals surface area contributed by atoms with Gasteiger partial charge in [0.25, 0.3) is 0 Å². The minimum atomic E-state index is 0.656. The van der Waals surface area contributed by atoms with Crippen LogP contribution < -0.4 is 0 Å². The smallest absolute Gasteiger partial charge is 0.201 e. The Morgan fingerprint density at radius 1 is 1.43 bits per heavy atom. The van der Waals surface area contributed by atoms with Crippen LogP contribution in [0.2, 0.25) is 0 Å². The summed E-state index contributed by atoms with van der Waals surface area (Å²) in [7, 11) is 0. The molecule has 0 radical (unpaired) electrons. The lowest BCUT2D eigenvalue weighted by Gasteiger charge is -1.96. The van der Waals surface area contributed by atoms with Gasteiger partial charge in [-0.1, -0.05) is 0 Å². The standard InChI is InChI=1S/C9H9BrN4/c1-5-11-8-4-7(6-2-3-6)13-14(8)9(10)12-5/h4,6H,2-3H2,1H3. The van der Waals surface area contributed by atoms with Gasteiger partial charge in [-0.05, 0) is 35.7 Å². The third-order valence-corrected chi connectivity index (χ3v) is 2.92. The van der Waals surface area contributed by atoms with Gasteiger partial charge in [-0.2, -0.15) is 9.61 Å². The average Bonchev–Trinajstić information content (AvgIpc) is 2.87. The Balaban J connectivity index is 2.26. The highest BCUT2D eigenvalue weighted by molar-refractivity contribution is 9.10. The van der Waals surface area contributed by atoms with E-state index < -0.39 is 0 Å². The van der Waals surface area contributed by atoms with E-state index in [0.29, 0.717) is 5.92 Å². The SMILES string of the molecule is Cc1nc(Br)n2nc(C3CC3)cc2n1. The van der Waals surface area contributed by atoms with Crippen LogP contribution in [0.3, 0.4) is 0 Å². The van der Waals surface area contributed by atoms with Gasteiger partial charge in [-0.25, -0.2) is 9.97 Å². The molecule has 0 amide bonds. The van der Waals surface area contributed by atoms with Gasteiger partial charge in [0.2, 0.25) is 4.73 Å². The van der Waals surface area contributed by atoms with Crippen molar-refractivity contribution in [2.45, 2.75) is 25.7 Å². The highest BCUT2D eigenvalue weighted by Crippen LogP contribution is 2.39. The van der Waals surface area contributed by atoms with E-state index >= 15 is 0 Å². The summed E-state index contributed by atoms with van der Waals surface area (Å²) < 4.78 is 2.48. The van der Waals surface area contributed by atoms with Crippen LogP contribution in [-0.4, -0.2) is 19.6 Å². The third kappa shape index (κ3) is 1.23. The van der Waals surface area contributed by atoms with Crippen molar-refractivity contribution in [3.63, 3.8) is 0 Å². The average molecular weight is 253 g/mol. The molecule has 0 spiro atoms. The number of aryl methyl sites for hydroxylation is 1. The molecule has 0 atom stereocenters. The van der Waals surface area contributed by atoms with Gasteiger partial charge in [0, 0.05) is 12.0 Å². The van der Waals surface area contributed by atoms with Gasteiger partial charge in [0.15, 0.2) is 5.65 Å². The van der Waals surface area contributed by atoms with Crippen molar-refractivity contribution in [2.24, 2.45) is 0 Å². The molecule has 0 aliphatic heterocycles. The minimum Gasteiger partial charge on any atom is -0.214 e. The van der Waals surface area contributed by atoms with E-state index in [0.717, 1.165) is 21.9 Å². The van der Waals surface area contributed by atoms with Crippen molar-refractivity contribution in [2.75, 3.05) is 0 Å². The lowest BCUT2D eigenvalue weighted by atomic mass is 10.3. The summed E-state index contributed by atoms with van der Waals surface area (Å²) in [6, 6.07) is 2.05. The fraction of sp³-hybridized carbons (Fsp3) is 0.444. The van der Waals surface area contributed by atoms with Crippen LogP contribution in [0.5, 0.6) is 0 Å². The van der Waals surface area contributed by atoms with Crippen LogP contribution in [0, 0.1) is 6.92 Å². The van der Waals surface area contributed by atoms with E-state index in [1.165, 1.54) is 12.8 Å². The van der Waals surface area contributed by atoms with Gasteiger partial charge in [-0.15, -0.1) is 0 Å². The molecule has 1 fully saturated rings. The number of rotatable bonds is 1. The molecule has 1 aliphatic rings. The van der Waals surface area contributed by atoms with Crippen molar-refractivity contribution >= 4 is 21.6 Å². The molecule has 72 valence electrons. The molecule has 3 rings (SSSR count). The monoisotopic (exact) mass is 252 g/mol. The number of hydrogen-bond acceptors (Lipinski definition) is 3. The lowest BCUT2D eigenvalue weighted by molar-refractivity contribution is 0.812. The van der Waals surface area contributed by atoms with Crippen molar-refractivity contribution in [1.29, 1.82) is 0 Å². The number of halogens is 1. The molecule has 5 heteroatoms. The Morgan fingerprint density at radius 2 is 2.21 bits per heavy atom. The van der Waals surface area contributed by atoms with Crippen molar-refractivity contribution in [3.8, 4) is 0 Å². The number of nitrogens with zero attached hydrogens (tertiary/aromatic N) is 4. The zero-order valence-electron chi connectivity index (χ0n) is 7.74. The summed E-state index contributed by atoms with van der Waals surface area (Å²) in [5.74, 6) is 1.43. The lowest BCUT2D eigenvalue weighted by Crippen LogP contribution is -1.98. The van der Waals surface area contributed by atoms with E-state index in [1.807, 2.05) is 6.92 Å². The Morgan fingerprint density at radius 3 is 2.93 bits per heavy atom. The highest BCUT2D eigenvalue weighted by Gasteiger charge is 2.26. The summed E-state index contributed by atoms with van der Waals surface area (Å²) in [5.41, 5.74) is 2.02. The number of aromatic nitrogens is 4. The molecule has 0 aromatic carbocycles. The van der Waals surface area contributed by atoms with Gasteiger partial charge in [-0.3, -0.25) is 0 Å². The first-order valence-electron chi connectivity index (χ1n) is 4.64. The van der Waals surface area contributed by atoms with E-state index in [9.17, 15) is 0 Å². The molecule has 14 heavy (non-hydrogen) atoms. The summed E-state index contributed by atoms with van der Waals surface area (Å²) in [4.78, 5) is 8.53. The molecule has 1 saturated carbocycles. The van der Waals surface area contributed by atoms with Crippen LogP contribution in [0.1, 0.15) is 30.3 Å². The molecule has 4 nitrogen and oxygen atoms in total. The Hall–Kier alpha value is -0.970. The first kappa shape index (κ1) is 8.35. The predicted molar refractivity (Wildman–Crippen MR) is 55.2 cm³/mol. The molecule has 1 aliphatic carbocycles. The van der Waals surface area contributed by atoms with Crippen LogP contribution in [-0.2, 0) is 0 Å². The highest BCUT2D eigenvalue weighted by atomic mass is 79.9. The maximum absolute atomic E-state index is 4.46. The second-order valence-corrected chi connectivity index (χ2v) is 4.36. The van der Waals surface area contributed by atoms with Gasteiger partial charge in [0.05, 0.1) is 5.69 Å². The van der Waals surface area contributed by atoms with Crippen LogP contribution in [0.4, 0.5) is 0 Å². The zero-order chi connectivity index (χ0) is 9.71. The Kier molecular flexibility index (Phi) is 1.65. The molecule has 0 saturated heterocycles. The fourth-order valence-electron chi connectivity index (χ4n) is 1.55. The maximum atomic E-state index is 4.46. The molecule has 0 bridgehead atoms. The molecule has 0 unspecified atom stereocenters. The predicted octanol–water partition coefficient (Wildman–Crippen LogP) is 2.07. The van der Waals surface area contributed by atoms with E-state index in [2.05, 4.69) is 37.1 Å². The number of hydrogen-bond donors (Lipinski definition) is 0. The van der Waals surface area contributed by atoms with E-state index in [4.69, 9.17) is 0 Å². The van der Waals surface area contributed by atoms with E-state index in [-0.39, 0.29) is 0 Å². The first-order valence-corrected chi connectivity index (χ1v) is 5.43. The number of fused-ring (bicyclic) bond motifs is 1. The molecular formula is C9H9BrN4. The molecular weight excluding hydrogens is 244 g/mol. The van der Waals surface area contributed by atoms with Gasteiger partial charge in [0.1, 0.15) is 5.82 Å². The second-order valence-electron chi connectivity index (χ2n) is 3.65. The van der Waals surface area contributed by atoms with E-state index in [1.54, 1.807) is 4.52 Å². The molecule has 2 aromatic rings. The summed E-state index contributed by atoms with van der Waals surface area (Å²) in [6.07, 6.45) is 2.52. The molecule has 2 aromatic heterocycles. The second kappa shape index (κ2) is 2.76. The van der Waals surface area contributed by atoms with Gasteiger partial charge >= 0.3 is 0 Å². The van der Waals surface area contributed by atoms with Gasteiger partial charge < -0.3 is 0 Å². The van der Waals surface area contributed by atoms with Crippen molar-refractivity contribution in [1.82, 2.24) is 19.6 Å². The van der Waals surface area contributed by atoms with Crippen molar-refractivity contribution in [3.05, 3.63) is 22.3 Å². The first-order chi connectivity index (χ1) is 6.74. The Bertz CT molecular complexity index is 501. The largest absolute Gasteiger partial charge is 0.214 e. The third-order valence-electron chi connectivity index (χ3n) is 2.41. The van der Waals surface area contributed by atoms with Crippen LogP contribution in [0.25, 0.3) is 5.65 Å².